The number of methoxy groups -OCH3 is 1. The number of rotatable bonds is 6. The Balaban J connectivity index is 1.96. The van der Waals surface area contributed by atoms with Gasteiger partial charge in [-0.25, -0.2) is 9.18 Å². The van der Waals surface area contributed by atoms with Crippen LogP contribution in [-0.2, 0) is 4.74 Å². The van der Waals surface area contributed by atoms with Gasteiger partial charge in [0.2, 0.25) is 0 Å². The van der Waals surface area contributed by atoms with Crippen LogP contribution in [0.1, 0.15) is 44.2 Å². The van der Waals surface area contributed by atoms with Gasteiger partial charge in [-0.2, -0.15) is 0 Å². The van der Waals surface area contributed by atoms with Crippen molar-refractivity contribution in [1.82, 2.24) is 10.3 Å². The minimum atomic E-state index is -1.55. The van der Waals surface area contributed by atoms with Crippen molar-refractivity contribution in [2.45, 2.75) is 38.5 Å². The maximum absolute atomic E-state index is 15.2. The number of hydrogen-bond donors (Lipinski definition) is 2. The van der Waals surface area contributed by atoms with Gasteiger partial charge in [-0.3, -0.25) is 4.98 Å². The van der Waals surface area contributed by atoms with Gasteiger partial charge in [0, 0.05) is 11.8 Å². The van der Waals surface area contributed by atoms with E-state index < -0.39 is 29.7 Å². The zero-order chi connectivity index (χ0) is 25.0. The van der Waals surface area contributed by atoms with Crippen LogP contribution in [0.25, 0.3) is 11.1 Å². The normalized spacial score (nSPS) is 13.2. The number of benzene rings is 2. The summed E-state index contributed by atoms with van der Waals surface area (Å²) in [4.78, 5) is 16.6. The summed E-state index contributed by atoms with van der Waals surface area (Å²) < 4.78 is 25.7. The summed E-state index contributed by atoms with van der Waals surface area (Å²) in [7, 11) is 1.54. The molecule has 2 N–H and O–H groups in total. The van der Waals surface area contributed by atoms with Crippen molar-refractivity contribution in [1.29, 1.82) is 0 Å². The van der Waals surface area contributed by atoms with E-state index in [4.69, 9.17) is 32.7 Å². The number of hydrogen-bond acceptors (Lipinski definition) is 5. The molecule has 0 aliphatic heterocycles. The number of nitrogens with zero attached hydrogens (tertiary/aromatic N) is 1. The number of ether oxygens (including phenoxy) is 2. The molecule has 0 radical (unpaired) electrons. The minimum Gasteiger partial charge on any atom is -0.497 e. The van der Waals surface area contributed by atoms with E-state index in [0.717, 1.165) is 0 Å². The Labute approximate surface area is 207 Å². The predicted octanol–water partition coefficient (Wildman–Crippen LogP) is 6.50. The average Bonchev–Trinajstić information content (AvgIpc) is 2.77. The first-order chi connectivity index (χ1) is 16.0. The lowest BCUT2D eigenvalue weighted by atomic mass is 9.97. The standard InChI is InChI=1S/C25H25Cl2FN2O4/c1-25(2,3)34-24(32)30-21(15-8-9-18(26)19(27)11-15)23(31)22-20(28)12-16(13-29-22)14-6-5-7-17(10-14)33-4/h5-13,21,23,31H,1-4H3,(H,30,32). The van der Waals surface area contributed by atoms with Gasteiger partial charge in [-0.05, 0) is 62.2 Å². The molecule has 34 heavy (non-hydrogen) atoms. The average molecular weight is 507 g/mol. The summed E-state index contributed by atoms with van der Waals surface area (Å²) in [5.41, 5.74) is 0.557. The predicted molar refractivity (Wildman–Crippen MR) is 130 cm³/mol. The van der Waals surface area contributed by atoms with E-state index in [0.29, 0.717) is 27.5 Å². The highest BCUT2D eigenvalue weighted by Crippen LogP contribution is 2.34. The first-order valence-corrected chi connectivity index (χ1v) is 11.2. The molecule has 3 rings (SSSR count). The quantitative estimate of drug-likeness (QED) is 0.398. The molecule has 0 saturated carbocycles. The Morgan fingerprint density at radius 3 is 2.44 bits per heavy atom. The molecule has 1 heterocycles. The fourth-order valence-corrected chi connectivity index (χ4v) is 3.58. The molecule has 6 nitrogen and oxygen atoms in total. The molecular weight excluding hydrogens is 482 g/mol. The number of aromatic nitrogens is 1. The molecule has 0 aliphatic carbocycles. The number of alkyl carbamates (subject to hydrolysis) is 1. The third-order valence-electron chi connectivity index (χ3n) is 4.84. The summed E-state index contributed by atoms with van der Waals surface area (Å²) in [5.74, 6) is -0.132. The Hall–Kier alpha value is -2.87. The van der Waals surface area contributed by atoms with Crippen LogP contribution >= 0.6 is 23.2 Å². The van der Waals surface area contributed by atoms with Crippen molar-refractivity contribution < 1.29 is 23.8 Å². The third kappa shape index (κ3) is 6.38. The number of amides is 1. The molecule has 1 amide bonds. The van der Waals surface area contributed by atoms with Crippen molar-refractivity contribution in [3.63, 3.8) is 0 Å². The van der Waals surface area contributed by atoms with Gasteiger partial charge in [0.05, 0.1) is 23.2 Å². The van der Waals surface area contributed by atoms with Crippen LogP contribution in [0.4, 0.5) is 9.18 Å². The van der Waals surface area contributed by atoms with Gasteiger partial charge in [0.25, 0.3) is 0 Å². The van der Waals surface area contributed by atoms with E-state index in [1.54, 1.807) is 51.1 Å². The fourth-order valence-electron chi connectivity index (χ4n) is 3.27. The Morgan fingerprint density at radius 1 is 1.09 bits per heavy atom. The summed E-state index contributed by atoms with van der Waals surface area (Å²) in [6, 6.07) is 11.8. The smallest absolute Gasteiger partial charge is 0.408 e. The second kappa shape index (κ2) is 10.6. The lowest BCUT2D eigenvalue weighted by Gasteiger charge is -2.27. The van der Waals surface area contributed by atoms with Crippen molar-refractivity contribution >= 4 is 29.3 Å². The highest BCUT2D eigenvalue weighted by molar-refractivity contribution is 6.42. The lowest BCUT2D eigenvalue weighted by Crippen LogP contribution is -2.37. The second-order valence-corrected chi connectivity index (χ2v) is 9.38. The second-order valence-electron chi connectivity index (χ2n) is 8.57. The van der Waals surface area contributed by atoms with E-state index >= 15 is 4.39 Å². The molecule has 0 saturated heterocycles. The van der Waals surface area contributed by atoms with Crippen LogP contribution in [0.15, 0.2) is 54.7 Å². The van der Waals surface area contributed by atoms with Gasteiger partial charge in [0.15, 0.2) is 0 Å². The maximum atomic E-state index is 15.2. The largest absolute Gasteiger partial charge is 0.497 e. The molecule has 9 heteroatoms. The summed E-state index contributed by atoms with van der Waals surface area (Å²) in [6.45, 7) is 5.11. The molecule has 2 atom stereocenters. The monoisotopic (exact) mass is 506 g/mol. The number of aliphatic hydroxyl groups is 1. The molecule has 1 aromatic heterocycles. The molecule has 0 fully saturated rings. The summed E-state index contributed by atoms with van der Waals surface area (Å²) in [5, 5.41) is 14.2. The molecule has 3 aromatic rings. The van der Waals surface area contributed by atoms with Gasteiger partial charge in [-0.15, -0.1) is 0 Å². The van der Waals surface area contributed by atoms with Gasteiger partial charge in [0.1, 0.15) is 29.0 Å². The fraction of sp³-hybridized carbons (Fsp3) is 0.280. The molecule has 0 bridgehead atoms. The highest BCUT2D eigenvalue weighted by Gasteiger charge is 2.30. The number of carbonyl (C=O) groups is 1. The summed E-state index contributed by atoms with van der Waals surface area (Å²) in [6.07, 6.45) is -0.907. The Morgan fingerprint density at radius 2 is 1.82 bits per heavy atom. The molecule has 0 aliphatic rings. The number of aliphatic hydroxyl groups excluding tert-OH is 1. The summed E-state index contributed by atoms with van der Waals surface area (Å²) >= 11 is 12.1. The van der Waals surface area contributed by atoms with Crippen LogP contribution in [0, 0.1) is 5.82 Å². The zero-order valence-corrected chi connectivity index (χ0v) is 20.6. The minimum absolute atomic E-state index is 0.212. The topological polar surface area (TPSA) is 80.7 Å². The van der Waals surface area contributed by atoms with Gasteiger partial charge >= 0.3 is 6.09 Å². The van der Waals surface area contributed by atoms with Crippen molar-refractivity contribution in [2.24, 2.45) is 0 Å². The SMILES string of the molecule is COc1cccc(-c2cnc(C(O)C(NC(=O)OC(C)(C)C)c3ccc(Cl)c(Cl)c3)c(F)c2)c1. The highest BCUT2D eigenvalue weighted by atomic mass is 35.5. The lowest BCUT2D eigenvalue weighted by molar-refractivity contribution is 0.0411. The van der Waals surface area contributed by atoms with E-state index in [2.05, 4.69) is 10.3 Å². The number of nitrogens with one attached hydrogen (secondary N) is 1. The Bertz CT molecular complexity index is 1180. The Kier molecular flexibility index (Phi) is 8.02. The van der Waals surface area contributed by atoms with Crippen molar-refractivity contribution in [3.05, 3.63) is 81.8 Å². The number of pyridine rings is 1. The van der Waals surface area contributed by atoms with Crippen molar-refractivity contribution in [3.8, 4) is 16.9 Å². The maximum Gasteiger partial charge on any atom is 0.408 e. The van der Waals surface area contributed by atoms with E-state index in [-0.39, 0.29) is 10.7 Å². The third-order valence-corrected chi connectivity index (χ3v) is 5.58. The van der Waals surface area contributed by atoms with Gasteiger partial charge in [-0.1, -0.05) is 41.4 Å². The first-order valence-electron chi connectivity index (χ1n) is 10.4. The molecular formula is C25H25Cl2FN2O4. The van der Waals surface area contributed by atoms with Crippen LogP contribution in [0.3, 0.4) is 0 Å². The van der Waals surface area contributed by atoms with Crippen molar-refractivity contribution in [2.75, 3.05) is 7.11 Å². The van der Waals surface area contributed by atoms with E-state index in [9.17, 15) is 9.90 Å². The van der Waals surface area contributed by atoms with Gasteiger partial charge < -0.3 is 19.9 Å². The zero-order valence-electron chi connectivity index (χ0n) is 19.1. The van der Waals surface area contributed by atoms with E-state index in [1.165, 1.54) is 31.5 Å². The number of halogens is 3. The molecule has 2 aromatic carbocycles. The molecule has 180 valence electrons. The van der Waals surface area contributed by atoms with Crippen LogP contribution in [0.2, 0.25) is 10.0 Å². The first kappa shape index (κ1) is 25.7. The molecule has 0 spiro atoms. The van der Waals surface area contributed by atoms with Crippen LogP contribution in [0.5, 0.6) is 5.75 Å². The van der Waals surface area contributed by atoms with Crippen LogP contribution < -0.4 is 10.1 Å². The molecule has 2 unspecified atom stereocenters. The van der Waals surface area contributed by atoms with Crippen LogP contribution in [-0.4, -0.2) is 28.9 Å². The van der Waals surface area contributed by atoms with E-state index in [1.807, 2.05) is 0 Å². The number of carbonyl (C=O) groups excluding carboxylic acids is 1.